The molecule has 0 atom stereocenters. The van der Waals surface area contributed by atoms with Crippen LogP contribution in [0.15, 0.2) is 24.3 Å². The number of thioether (sulfide) groups is 2. The molecule has 2 rings (SSSR count). The number of nitrogens with one attached hydrogen (secondary N) is 1. The highest BCUT2D eigenvalue weighted by Crippen LogP contribution is 2.45. The van der Waals surface area contributed by atoms with E-state index in [1.165, 1.54) is 17.1 Å². The van der Waals surface area contributed by atoms with Crippen LogP contribution in [0, 0.1) is 0 Å². The molecule has 0 radical (unpaired) electrons. The maximum absolute atomic E-state index is 12.4. The monoisotopic (exact) mass is 324 g/mol. The maximum Gasteiger partial charge on any atom is 0.251 e. The SMILES string of the molecule is CCC(CC)(CN)NC(=O)c1ccc(C2SCCS2)cc1. The van der Waals surface area contributed by atoms with E-state index in [0.717, 1.165) is 12.8 Å². The molecule has 3 nitrogen and oxygen atoms in total. The molecule has 21 heavy (non-hydrogen) atoms. The summed E-state index contributed by atoms with van der Waals surface area (Å²) in [4.78, 5) is 12.4. The van der Waals surface area contributed by atoms with Crippen molar-refractivity contribution in [1.29, 1.82) is 0 Å². The van der Waals surface area contributed by atoms with Crippen LogP contribution in [0.3, 0.4) is 0 Å². The fraction of sp³-hybridized carbons (Fsp3) is 0.562. The molecule has 0 spiro atoms. The first-order valence-corrected chi connectivity index (χ1v) is 9.59. The van der Waals surface area contributed by atoms with Crippen LogP contribution in [0.5, 0.6) is 0 Å². The molecule has 116 valence electrons. The second-order valence-corrected chi connectivity index (χ2v) is 8.07. The highest BCUT2D eigenvalue weighted by atomic mass is 32.2. The average Bonchev–Trinajstić information content (AvgIpc) is 3.07. The van der Waals surface area contributed by atoms with Crippen LogP contribution in [0.2, 0.25) is 0 Å². The summed E-state index contributed by atoms with van der Waals surface area (Å²) < 4.78 is 0.525. The predicted molar refractivity (Wildman–Crippen MR) is 93.9 cm³/mol. The number of benzene rings is 1. The third-order valence-electron chi connectivity index (χ3n) is 4.19. The Labute approximate surface area is 135 Å². The van der Waals surface area contributed by atoms with Crippen molar-refractivity contribution in [1.82, 2.24) is 5.32 Å². The van der Waals surface area contributed by atoms with Gasteiger partial charge in [-0.3, -0.25) is 4.79 Å². The molecule has 1 fully saturated rings. The molecule has 1 heterocycles. The molecule has 0 saturated carbocycles. The standard InChI is InChI=1S/C16H24N2OS2/c1-3-16(4-2,11-17)18-14(19)12-5-7-13(8-6-12)15-20-9-10-21-15/h5-8,15H,3-4,9-11,17H2,1-2H3,(H,18,19). The second kappa shape index (κ2) is 7.56. The molecule has 1 saturated heterocycles. The minimum absolute atomic E-state index is 0.0255. The van der Waals surface area contributed by atoms with E-state index in [-0.39, 0.29) is 11.4 Å². The van der Waals surface area contributed by atoms with Crippen molar-refractivity contribution in [3.8, 4) is 0 Å². The molecule has 0 aliphatic carbocycles. The average molecular weight is 325 g/mol. The number of hydrogen-bond donors (Lipinski definition) is 2. The van der Waals surface area contributed by atoms with Gasteiger partial charge < -0.3 is 11.1 Å². The van der Waals surface area contributed by atoms with Crippen molar-refractivity contribution in [3.05, 3.63) is 35.4 Å². The topological polar surface area (TPSA) is 55.1 Å². The van der Waals surface area contributed by atoms with Crippen LogP contribution in [-0.2, 0) is 0 Å². The van der Waals surface area contributed by atoms with E-state index in [9.17, 15) is 4.79 Å². The summed E-state index contributed by atoms with van der Waals surface area (Å²) in [6.07, 6.45) is 1.69. The number of carbonyl (C=O) groups is 1. The van der Waals surface area contributed by atoms with Crippen molar-refractivity contribution >= 4 is 29.4 Å². The van der Waals surface area contributed by atoms with Crippen molar-refractivity contribution in [2.75, 3.05) is 18.1 Å². The Morgan fingerprint density at radius 1 is 1.24 bits per heavy atom. The second-order valence-electron chi connectivity index (χ2n) is 5.34. The van der Waals surface area contributed by atoms with Crippen molar-refractivity contribution in [2.24, 2.45) is 5.73 Å². The van der Waals surface area contributed by atoms with E-state index < -0.39 is 0 Å². The summed E-state index contributed by atoms with van der Waals surface area (Å²) >= 11 is 3.95. The van der Waals surface area contributed by atoms with Crippen LogP contribution in [-0.4, -0.2) is 29.5 Å². The molecule has 0 bridgehead atoms. The fourth-order valence-corrected chi connectivity index (χ4v) is 5.28. The summed E-state index contributed by atoms with van der Waals surface area (Å²) in [7, 11) is 0. The Bertz CT molecular complexity index is 457. The third kappa shape index (κ3) is 3.96. The van der Waals surface area contributed by atoms with Crippen LogP contribution >= 0.6 is 23.5 Å². The number of carbonyl (C=O) groups excluding carboxylic acids is 1. The van der Waals surface area contributed by atoms with Crippen LogP contribution in [0.25, 0.3) is 0 Å². The Morgan fingerprint density at radius 3 is 2.29 bits per heavy atom. The zero-order valence-corrected chi connectivity index (χ0v) is 14.4. The lowest BCUT2D eigenvalue weighted by atomic mass is 9.92. The first kappa shape index (κ1) is 16.7. The van der Waals surface area contributed by atoms with E-state index in [1.54, 1.807) is 0 Å². The Morgan fingerprint density at radius 2 is 1.81 bits per heavy atom. The highest BCUT2D eigenvalue weighted by molar-refractivity contribution is 8.19. The van der Waals surface area contributed by atoms with E-state index >= 15 is 0 Å². The van der Waals surface area contributed by atoms with Gasteiger partial charge in [0.1, 0.15) is 0 Å². The minimum Gasteiger partial charge on any atom is -0.345 e. The smallest absolute Gasteiger partial charge is 0.251 e. The molecule has 1 aromatic rings. The van der Waals surface area contributed by atoms with Gasteiger partial charge in [-0.05, 0) is 30.5 Å². The van der Waals surface area contributed by atoms with E-state index in [1.807, 2.05) is 35.7 Å². The van der Waals surface area contributed by atoms with Crippen molar-refractivity contribution < 1.29 is 4.79 Å². The Kier molecular flexibility index (Phi) is 6.02. The van der Waals surface area contributed by atoms with Gasteiger partial charge in [-0.15, -0.1) is 23.5 Å². The van der Waals surface area contributed by atoms with Crippen LogP contribution in [0.4, 0.5) is 0 Å². The highest BCUT2D eigenvalue weighted by Gasteiger charge is 2.27. The van der Waals surface area contributed by atoms with Gasteiger partial charge in [0.2, 0.25) is 0 Å². The molecular weight excluding hydrogens is 300 g/mol. The number of amides is 1. The molecule has 3 N–H and O–H groups in total. The summed E-state index contributed by atoms with van der Waals surface area (Å²) in [5, 5.41) is 3.11. The number of nitrogens with two attached hydrogens (primary N) is 1. The molecule has 1 aromatic carbocycles. The van der Waals surface area contributed by atoms with Gasteiger partial charge >= 0.3 is 0 Å². The molecule has 1 amide bonds. The normalized spacial score (nSPS) is 16.1. The zero-order valence-electron chi connectivity index (χ0n) is 12.7. The van der Waals surface area contributed by atoms with Crippen molar-refractivity contribution in [2.45, 2.75) is 36.8 Å². The van der Waals surface area contributed by atoms with E-state index in [4.69, 9.17) is 5.73 Å². The lowest BCUT2D eigenvalue weighted by Crippen LogP contribution is -2.52. The van der Waals surface area contributed by atoms with Gasteiger partial charge in [0.25, 0.3) is 5.91 Å². The molecule has 5 heteroatoms. The number of hydrogen-bond acceptors (Lipinski definition) is 4. The maximum atomic E-state index is 12.4. The summed E-state index contributed by atoms with van der Waals surface area (Å²) in [5.74, 6) is 2.40. The predicted octanol–water partition coefficient (Wildman–Crippen LogP) is 3.41. The van der Waals surface area contributed by atoms with Gasteiger partial charge in [0.15, 0.2) is 0 Å². The Hall–Kier alpha value is -0.650. The van der Waals surface area contributed by atoms with Crippen LogP contribution < -0.4 is 11.1 Å². The zero-order chi connectivity index (χ0) is 15.3. The number of rotatable bonds is 6. The van der Waals surface area contributed by atoms with E-state index in [0.29, 0.717) is 16.7 Å². The Balaban J connectivity index is 2.05. The van der Waals surface area contributed by atoms with Gasteiger partial charge in [0, 0.05) is 23.6 Å². The van der Waals surface area contributed by atoms with Crippen molar-refractivity contribution in [3.63, 3.8) is 0 Å². The lowest BCUT2D eigenvalue weighted by molar-refractivity contribution is 0.0895. The summed E-state index contributed by atoms with van der Waals surface area (Å²) in [5.41, 5.74) is 7.57. The molecular formula is C16H24N2OS2. The minimum atomic E-state index is -0.285. The molecule has 1 aliphatic heterocycles. The quantitative estimate of drug-likeness (QED) is 0.842. The first-order valence-electron chi connectivity index (χ1n) is 7.50. The third-order valence-corrected chi connectivity index (χ3v) is 7.29. The summed E-state index contributed by atoms with van der Waals surface area (Å²) in [6, 6.07) is 8.01. The molecule has 0 unspecified atom stereocenters. The van der Waals surface area contributed by atoms with Gasteiger partial charge in [-0.2, -0.15) is 0 Å². The molecule has 1 aliphatic rings. The van der Waals surface area contributed by atoms with Crippen LogP contribution in [0.1, 0.15) is 47.2 Å². The van der Waals surface area contributed by atoms with Gasteiger partial charge in [-0.1, -0.05) is 26.0 Å². The first-order chi connectivity index (χ1) is 10.1. The fourth-order valence-electron chi connectivity index (χ4n) is 2.42. The largest absolute Gasteiger partial charge is 0.345 e. The van der Waals surface area contributed by atoms with Gasteiger partial charge in [-0.25, -0.2) is 0 Å². The van der Waals surface area contributed by atoms with Gasteiger partial charge in [0.05, 0.1) is 10.1 Å². The molecule has 0 aromatic heterocycles. The van der Waals surface area contributed by atoms with E-state index in [2.05, 4.69) is 31.3 Å². The summed E-state index contributed by atoms with van der Waals surface area (Å²) in [6.45, 7) is 4.60. The lowest BCUT2D eigenvalue weighted by Gasteiger charge is -2.31.